The van der Waals surface area contributed by atoms with E-state index in [-0.39, 0.29) is 50.8 Å². The predicted octanol–water partition coefficient (Wildman–Crippen LogP) is 10.5. The molecule has 0 heterocycles. The summed E-state index contributed by atoms with van der Waals surface area (Å²) in [4.78, 5) is 47.2. The van der Waals surface area contributed by atoms with Crippen molar-refractivity contribution < 1.29 is 65.2 Å². The molecule has 59 heavy (non-hydrogen) atoms. The molecular weight excluding hydrogens is 810 g/mol. The van der Waals surface area contributed by atoms with Gasteiger partial charge in [0.1, 0.15) is 29.6 Å². The number of hydrogen-bond donors (Lipinski definition) is 4. The van der Waals surface area contributed by atoms with Gasteiger partial charge in [0, 0.05) is 12.1 Å². The number of hydrogen-bond acceptors (Lipinski definition) is 6. The molecule has 10 nitrogen and oxygen atoms in total. The normalized spacial score (nSPS) is 10.8. The number of carboxylic acid groups (broad SMARTS) is 2. The monoisotopic (exact) mass is 836 g/mol. The van der Waals surface area contributed by atoms with E-state index in [0.717, 1.165) is 35.9 Å². The van der Waals surface area contributed by atoms with Gasteiger partial charge < -0.3 is 30.3 Å². The number of benzene rings is 6. The van der Waals surface area contributed by atoms with Crippen molar-refractivity contribution in [1.82, 2.24) is 0 Å². The Balaban J connectivity index is 0.000000225. The molecule has 0 saturated heterocycles. The molecule has 0 saturated carbocycles. The lowest BCUT2D eigenvalue weighted by atomic mass is 10.0. The maximum Gasteiger partial charge on any atom is 0.573 e. The summed E-state index contributed by atoms with van der Waals surface area (Å²) >= 11 is 6.08. The van der Waals surface area contributed by atoms with E-state index in [9.17, 15) is 50.6 Å². The molecule has 6 rings (SSSR count). The molecule has 0 aliphatic carbocycles. The van der Waals surface area contributed by atoms with Crippen LogP contribution in [0.2, 0.25) is 5.02 Å². The Morgan fingerprint density at radius 1 is 0.559 bits per heavy atom. The number of alkyl halides is 3. The van der Waals surface area contributed by atoms with E-state index in [1.807, 2.05) is 18.2 Å². The zero-order valence-electron chi connectivity index (χ0n) is 29.8. The highest BCUT2D eigenvalue weighted by Gasteiger charge is 2.31. The van der Waals surface area contributed by atoms with E-state index in [1.165, 1.54) is 66.7 Å². The molecule has 0 aliphatic heterocycles. The Kier molecular flexibility index (Phi) is 13.6. The van der Waals surface area contributed by atoms with Crippen LogP contribution >= 0.6 is 11.6 Å². The molecule has 0 aliphatic rings. The van der Waals surface area contributed by atoms with Crippen LogP contribution in [0.15, 0.2) is 127 Å². The average Bonchev–Trinajstić information content (AvgIpc) is 3.19. The minimum absolute atomic E-state index is 0.0391. The molecule has 0 spiro atoms. The second-order valence-corrected chi connectivity index (χ2v) is 12.4. The van der Waals surface area contributed by atoms with Gasteiger partial charge in [0.15, 0.2) is 11.6 Å². The van der Waals surface area contributed by atoms with Gasteiger partial charge in [-0.1, -0.05) is 78.3 Å². The number of amides is 2. The number of carbonyl (C=O) groups is 4. The van der Waals surface area contributed by atoms with Crippen LogP contribution in [0.1, 0.15) is 47.0 Å². The number of carboxylic acids is 2. The van der Waals surface area contributed by atoms with Gasteiger partial charge in [0.05, 0.1) is 33.0 Å². The maximum atomic E-state index is 14.7. The first-order valence-electron chi connectivity index (χ1n) is 16.8. The summed E-state index contributed by atoms with van der Waals surface area (Å²) in [6, 6.07) is 28.8. The predicted molar refractivity (Wildman–Crippen MR) is 203 cm³/mol. The number of nitrogens with one attached hydrogen (secondary N) is 2. The third kappa shape index (κ3) is 11.4. The van der Waals surface area contributed by atoms with E-state index >= 15 is 0 Å². The van der Waals surface area contributed by atoms with Crippen molar-refractivity contribution in [3.63, 3.8) is 0 Å². The molecule has 0 aromatic heterocycles. The summed E-state index contributed by atoms with van der Waals surface area (Å²) in [6.45, 7) is 0.122. The van der Waals surface area contributed by atoms with Crippen molar-refractivity contribution in [2.24, 2.45) is 0 Å². The highest BCUT2D eigenvalue weighted by Crippen LogP contribution is 2.34. The van der Waals surface area contributed by atoms with Crippen LogP contribution < -0.4 is 20.1 Å². The molecular formula is C42H27ClF6N2O8. The molecule has 0 radical (unpaired) electrons. The number of carbonyl (C=O) groups excluding carboxylic acids is 2. The largest absolute Gasteiger partial charge is 0.573 e. The van der Waals surface area contributed by atoms with Crippen LogP contribution in [0.25, 0.3) is 11.1 Å². The Morgan fingerprint density at radius 2 is 1.05 bits per heavy atom. The van der Waals surface area contributed by atoms with E-state index in [4.69, 9.17) is 21.4 Å². The third-order valence-corrected chi connectivity index (χ3v) is 8.29. The molecule has 0 atom stereocenters. The molecule has 0 unspecified atom stereocenters. The first-order valence-corrected chi connectivity index (χ1v) is 17.2. The van der Waals surface area contributed by atoms with Crippen molar-refractivity contribution in [3.05, 3.63) is 178 Å². The van der Waals surface area contributed by atoms with Gasteiger partial charge in [-0.2, -0.15) is 0 Å². The molecule has 6 aromatic rings. The van der Waals surface area contributed by atoms with Gasteiger partial charge >= 0.3 is 18.3 Å². The number of anilines is 2. The smallest absolute Gasteiger partial charge is 0.489 e. The molecule has 4 N–H and O–H groups in total. The fourth-order valence-corrected chi connectivity index (χ4v) is 5.58. The Bertz CT molecular complexity index is 2490. The second kappa shape index (κ2) is 18.7. The van der Waals surface area contributed by atoms with E-state index < -0.39 is 64.7 Å². The van der Waals surface area contributed by atoms with Crippen LogP contribution in [-0.4, -0.2) is 40.3 Å². The second-order valence-electron chi connectivity index (χ2n) is 12.0. The van der Waals surface area contributed by atoms with Crippen LogP contribution in [0, 0.1) is 17.5 Å². The number of ether oxygens (including phenoxy) is 2. The molecule has 0 fully saturated rings. The zero-order valence-corrected chi connectivity index (χ0v) is 30.6. The van der Waals surface area contributed by atoms with Crippen LogP contribution in [0.4, 0.5) is 37.7 Å². The Labute approximate surface area is 335 Å². The minimum Gasteiger partial charge on any atom is -0.489 e. The van der Waals surface area contributed by atoms with E-state index in [0.29, 0.717) is 0 Å². The number of aromatic carboxylic acids is 2. The van der Waals surface area contributed by atoms with E-state index in [1.54, 1.807) is 12.1 Å². The van der Waals surface area contributed by atoms with Crippen LogP contribution in [0.5, 0.6) is 11.5 Å². The van der Waals surface area contributed by atoms with Crippen LogP contribution in [-0.2, 0) is 6.61 Å². The summed E-state index contributed by atoms with van der Waals surface area (Å²) in [5.74, 6) is -8.07. The molecule has 17 heteroatoms. The van der Waals surface area contributed by atoms with Gasteiger partial charge in [-0.3, -0.25) is 9.59 Å². The highest BCUT2D eigenvalue weighted by molar-refractivity contribution is 6.34. The third-order valence-electron chi connectivity index (χ3n) is 7.99. The maximum absolute atomic E-state index is 14.7. The van der Waals surface area contributed by atoms with Crippen LogP contribution in [0.3, 0.4) is 0 Å². The number of rotatable bonds is 11. The highest BCUT2D eigenvalue weighted by atomic mass is 35.5. The fourth-order valence-electron chi connectivity index (χ4n) is 5.32. The summed E-state index contributed by atoms with van der Waals surface area (Å²) in [5.41, 5.74) is -0.903. The molecule has 302 valence electrons. The van der Waals surface area contributed by atoms with Gasteiger partial charge in [0.2, 0.25) is 0 Å². The van der Waals surface area contributed by atoms with Crippen molar-refractivity contribution >= 4 is 46.7 Å². The first kappa shape index (κ1) is 42.8. The van der Waals surface area contributed by atoms with Gasteiger partial charge in [-0.05, 0) is 65.2 Å². The van der Waals surface area contributed by atoms with Crippen molar-refractivity contribution in [3.8, 4) is 22.6 Å². The van der Waals surface area contributed by atoms with Gasteiger partial charge in [-0.15, -0.1) is 13.2 Å². The lowest BCUT2D eigenvalue weighted by Crippen LogP contribution is -2.18. The van der Waals surface area contributed by atoms with Gasteiger partial charge in [-0.25, -0.2) is 22.8 Å². The number of halogens is 7. The summed E-state index contributed by atoms with van der Waals surface area (Å²) in [7, 11) is 0. The van der Waals surface area contributed by atoms with Gasteiger partial charge in [0.25, 0.3) is 11.8 Å². The Hall–Kier alpha value is -7.33. The SMILES string of the molecule is O=C(O)c1ccccc1C(=O)Nc1c(F)cc(-c2cccc(OC(F)(F)F)c2)cc1Cl.O=C(O)c1ccccc1C(=O)Nc1c(F)cc(OCc2ccccc2)cc1F. The lowest BCUT2D eigenvalue weighted by Gasteiger charge is -2.13. The van der Waals surface area contributed by atoms with Crippen molar-refractivity contribution in [2.45, 2.75) is 13.0 Å². The average molecular weight is 837 g/mol. The minimum atomic E-state index is -4.89. The summed E-state index contributed by atoms with van der Waals surface area (Å²) < 4.78 is 89.8. The molecule has 6 aromatic carbocycles. The van der Waals surface area contributed by atoms with Crippen molar-refractivity contribution in [2.75, 3.05) is 10.6 Å². The topological polar surface area (TPSA) is 151 Å². The first-order chi connectivity index (χ1) is 28.0. The van der Waals surface area contributed by atoms with E-state index in [2.05, 4.69) is 15.4 Å². The molecule has 2 amide bonds. The molecule has 0 bridgehead atoms. The fraction of sp³-hybridized carbons (Fsp3) is 0.0476. The summed E-state index contributed by atoms with van der Waals surface area (Å²) in [6.07, 6.45) is -4.89. The standard InChI is InChI=1S/C21H12ClF4NO4.C21H15F2NO4/c22-16-9-12(11-4-3-5-13(8-11)31-21(24,25)26)10-17(23)18(16)27-19(28)14-6-1-2-7-15(14)20(29)30;22-17-10-14(28-12-13-6-2-1-3-7-13)11-18(23)19(17)24-20(25)15-8-4-5-9-16(15)21(26)27/h1-10H,(H,27,28)(H,29,30);1-11H,12H2,(H,24,25)(H,26,27). The van der Waals surface area contributed by atoms with Crippen molar-refractivity contribution in [1.29, 1.82) is 0 Å². The Morgan fingerprint density at radius 3 is 1.56 bits per heavy atom. The zero-order chi connectivity index (χ0) is 42.9. The quantitative estimate of drug-likeness (QED) is 0.0942. The summed E-state index contributed by atoms with van der Waals surface area (Å²) in [5, 5.41) is 22.4. The lowest BCUT2D eigenvalue weighted by molar-refractivity contribution is -0.274.